The summed E-state index contributed by atoms with van der Waals surface area (Å²) in [5.74, 6) is 0.586. The van der Waals surface area contributed by atoms with E-state index in [2.05, 4.69) is 15.6 Å². The van der Waals surface area contributed by atoms with Gasteiger partial charge in [0.25, 0.3) is 0 Å². The second-order valence-electron chi connectivity index (χ2n) is 5.87. The molecule has 1 aromatic carbocycles. The first-order valence-corrected chi connectivity index (χ1v) is 7.49. The third-order valence-corrected chi connectivity index (χ3v) is 4.27. The molecule has 1 amide bonds. The van der Waals surface area contributed by atoms with Crippen LogP contribution in [0.2, 0.25) is 0 Å². The van der Waals surface area contributed by atoms with Crippen molar-refractivity contribution in [3.8, 4) is 0 Å². The molecule has 1 saturated heterocycles. The largest absolute Gasteiger partial charge is 0.413 e. The summed E-state index contributed by atoms with van der Waals surface area (Å²) in [4.78, 5) is 16.2. The van der Waals surface area contributed by atoms with Crippen molar-refractivity contribution in [3.05, 3.63) is 35.9 Å². The number of carbonyl (C=O) groups excluding carboxylic acids is 1. The van der Waals surface area contributed by atoms with Gasteiger partial charge in [-0.1, -0.05) is 30.3 Å². The molecule has 2 N–H and O–H groups in total. The van der Waals surface area contributed by atoms with Gasteiger partial charge < -0.3 is 15.4 Å². The van der Waals surface area contributed by atoms with Crippen LogP contribution < -0.4 is 10.6 Å². The summed E-state index contributed by atoms with van der Waals surface area (Å²) < 4.78 is 5.34. The van der Waals surface area contributed by atoms with E-state index in [1.165, 1.54) is 0 Å². The van der Waals surface area contributed by atoms with E-state index in [1.807, 2.05) is 30.3 Å². The standard InChI is InChI=1S/C16H21N3O2/c20-15(18-11-13-4-2-1-3-5-13)21-14-10-16(12-19-14)6-8-17-9-7-16/h1-5,17H,6-12H2,(H,18,20). The molecule has 0 radical (unpaired) electrons. The first-order valence-electron chi connectivity index (χ1n) is 7.49. The zero-order valence-corrected chi connectivity index (χ0v) is 12.1. The minimum absolute atomic E-state index is 0.223. The quantitative estimate of drug-likeness (QED) is 0.875. The van der Waals surface area contributed by atoms with Gasteiger partial charge in [0.05, 0.1) is 0 Å². The average Bonchev–Trinajstić information content (AvgIpc) is 2.89. The molecule has 2 heterocycles. The zero-order valence-electron chi connectivity index (χ0n) is 12.1. The van der Waals surface area contributed by atoms with Crippen molar-refractivity contribution < 1.29 is 9.53 Å². The first-order chi connectivity index (χ1) is 10.3. The number of nitrogens with zero attached hydrogens (tertiary/aromatic N) is 1. The number of nitrogens with one attached hydrogen (secondary N) is 2. The molecule has 2 aliphatic rings. The van der Waals surface area contributed by atoms with Crippen LogP contribution in [-0.4, -0.2) is 31.6 Å². The van der Waals surface area contributed by atoms with Gasteiger partial charge in [-0.15, -0.1) is 0 Å². The fourth-order valence-corrected chi connectivity index (χ4v) is 2.96. The minimum atomic E-state index is -0.413. The zero-order chi connectivity index (χ0) is 14.5. The Morgan fingerprint density at radius 1 is 1.29 bits per heavy atom. The van der Waals surface area contributed by atoms with E-state index in [4.69, 9.17) is 4.74 Å². The number of carbonyl (C=O) groups is 1. The Kier molecular flexibility index (Phi) is 4.20. The fraction of sp³-hybridized carbons (Fsp3) is 0.500. The van der Waals surface area contributed by atoms with E-state index in [-0.39, 0.29) is 5.41 Å². The Labute approximate surface area is 124 Å². The van der Waals surface area contributed by atoms with Gasteiger partial charge in [0.15, 0.2) is 5.90 Å². The number of aliphatic imine (C=N–C) groups is 1. The van der Waals surface area contributed by atoms with E-state index >= 15 is 0 Å². The van der Waals surface area contributed by atoms with Crippen LogP contribution in [0.4, 0.5) is 4.79 Å². The van der Waals surface area contributed by atoms with Crippen molar-refractivity contribution in [1.82, 2.24) is 10.6 Å². The lowest BCUT2D eigenvalue weighted by Crippen LogP contribution is -2.38. The average molecular weight is 287 g/mol. The fourth-order valence-electron chi connectivity index (χ4n) is 2.96. The summed E-state index contributed by atoms with van der Waals surface area (Å²) in [5, 5.41) is 6.12. The lowest BCUT2D eigenvalue weighted by Gasteiger charge is -2.32. The van der Waals surface area contributed by atoms with Crippen molar-refractivity contribution in [1.29, 1.82) is 0 Å². The molecule has 0 saturated carbocycles. The molecule has 0 unspecified atom stereocenters. The van der Waals surface area contributed by atoms with Crippen LogP contribution >= 0.6 is 0 Å². The minimum Gasteiger partial charge on any atom is -0.396 e. The van der Waals surface area contributed by atoms with Crippen LogP contribution in [0.1, 0.15) is 24.8 Å². The summed E-state index contributed by atoms with van der Waals surface area (Å²) in [7, 11) is 0. The summed E-state index contributed by atoms with van der Waals surface area (Å²) in [6.45, 7) is 3.32. The van der Waals surface area contributed by atoms with Crippen LogP contribution in [0, 0.1) is 5.41 Å². The van der Waals surface area contributed by atoms with Gasteiger partial charge in [0.1, 0.15) is 0 Å². The third kappa shape index (κ3) is 3.61. The number of rotatable bonds is 2. The SMILES string of the molecule is O=C(NCc1ccccc1)OC1=NCC2(CCNCC2)C1. The molecule has 1 spiro atoms. The van der Waals surface area contributed by atoms with E-state index in [0.717, 1.165) is 44.5 Å². The molecular weight excluding hydrogens is 266 g/mol. The molecular formula is C16H21N3O2. The highest BCUT2D eigenvalue weighted by molar-refractivity contribution is 5.89. The lowest BCUT2D eigenvalue weighted by atomic mass is 9.78. The summed E-state index contributed by atoms with van der Waals surface area (Å²) in [6, 6.07) is 9.79. The molecule has 0 aromatic heterocycles. The number of ether oxygens (including phenoxy) is 1. The van der Waals surface area contributed by atoms with Crippen LogP contribution in [0.15, 0.2) is 35.3 Å². The van der Waals surface area contributed by atoms with E-state index in [1.54, 1.807) is 0 Å². The molecule has 1 aromatic rings. The van der Waals surface area contributed by atoms with Gasteiger partial charge in [-0.2, -0.15) is 0 Å². The molecule has 3 rings (SSSR count). The van der Waals surface area contributed by atoms with Gasteiger partial charge in [-0.3, -0.25) is 4.99 Å². The van der Waals surface area contributed by atoms with Crippen LogP contribution in [-0.2, 0) is 11.3 Å². The van der Waals surface area contributed by atoms with Crippen molar-refractivity contribution in [2.24, 2.45) is 10.4 Å². The Morgan fingerprint density at radius 3 is 2.81 bits per heavy atom. The van der Waals surface area contributed by atoms with Gasteiger partial charge in [-0.25, -0.2) is 4.79 Å². The molecule has 2 aliphatic heterocycles. The molecule has 5 heteroatoms. The van der Waals surface area contributed by atoms with E-state index in [9.17, 15) is 4.79 Å². The Balaban J connectivity index is 1.45. The summed E-state index contributed by atoms with van der Waals surface area (Å²) >= 11 is 0. The lowest BCUT2D eigenvalue weighted by molar-refractivity contribution is 0.191. The number of benzene rings is 1. The maximum atomic E-state index is 11.8. The number of piperidine rings is 1. The Bertz CT molecular complexity index is 522. The molecule has 5 nitrogen and oxygen atoms in total. The maximum Gasteiger partial charge on any atom is 0.413 e. The van der Waals surface area contributed by atoms with Gasteiger partial charge in [-0.05, 0) is 31.5 Å². The highest BCUT2D eigenvalue weighted by Crippen LogP contribution is 2.37. The van der Waals surface area contributed by atoms with Crippen LogP contribution in [0.5, 0.6) is 0 Å². The molecule has 0 bridgehead atoms. The van der Waals surface area contributed by atoms with Crippen molar-refractivity contribution >= 4 is 12.0 Å². The van der Waals surface area contributed by atoms with Crippen LogP contribution in [0.3, 0.4) is 0 Å². The number of hydrogen-bond acceptors (Lipinski definition) is 4. The van der Waals surface area contributed by atoms with Crippen LogP contribution in [0.25, 0.3) is 0 Å². The monoisotopic (exact) mass is 287 g/mol. The maximum absolute atomic E-state index is 11.8. The molecule has 21 heavy (non-hydrogen) atoms. The summed E-state index contributed by atoms with van der Waals surface area (Å²) in [5.41, 5.74) is 1.28. The second-order valence-corrected chi connectivity index (χ2v) is 5.87. The van der Waals surface area contributed by atoms with E-state index < -0.39 is 6.09 Å². The molecule has 112 valence electrons. The number of hydrogen-bond donors (Lipinski definition) is 2. The molecule has 1 fully saturated rings. The normalized spacial score (nSPS) is 20.1. The van der Waals surface area contributed by atoms with Crippen molar-refractivity contribution in [2.75, 3.05) is 19.6 Å². The second kappa shape index (κ2) is 6.26. The predicted molar refractivity (Wildman–Crippen MR) is 81.2 cm³/mol. The van der Waals surface area contributed by atoms with Crippen molar-refractivity contribution in [2.45, 2.75) is 25.8 Å². The molecule has 0 atom stereocenters. The number of alkyl carbamates (subject to hydrolysis) is 1. The van der Waals surface area contributed by atoms with Gasteiger partial charge >= 0.3 is 6.09 Å². The number of amides is 1. The summed E-state index contributed by atoms with van der Waals surface area (Å²) in [6.07, 6.45) is 2.58. The van der Waals surface area contributed by atoms with Gasteiger partial charge in [0, 0.05) is 24.9 Å². The smallest absolute Gasteiger partial charge is 0.396 e. The molecule has 0 aliphatic carbocycles. The van der Waals surface area contributed by atoms with E-state index in [0.29, 0.717) is 12.4 Å². The predicted octanol–water partition coefficient (Wildman–Crippen LogP) is 2.08. The van der Waals surface area contributed by atoms with Gasteiger partial charge in [0.2, 0.25) is 0 Å². The first kappa shape index (κ1) is 14.1. The van der Waals surface area contributed by atoms with Crippen molar-refractivity contribution in [3.63, 3.8) is 0 Å². The third-order valence-electron chi connectivity index (χ3n) is 4.27. The topological polar surface area (TPSA) is 62.7 Å². The Hall–Kier alpha value is -1.88. The highest BCUT2D eigenvalue weighted by atomic mass is 16.6. The highest BCUT2D eigenvalue weighted by Gasteiger charge is 2.38. The Morgan fingerprint density at radius 2 is 2.05 bits per heavy atom.